The molecular weight excluding hydrogens is 558 g/mol. The molecule has 222 valence electrons. The van der Waals surface area contributed by atoms with Crippen LogP contribution in [-0.4, -0.2) is 4.57 Å². The van der Waals surface area contributed by atoms with Gasteiger partial charge >= 0.3 is 0 Å². The van der Waals surface area contributed by atoms with Crippen molar-refractivity contribution in [2.24, 2.45) is 0 Å². The van der Waals surface area contributed by atoms with Gasteiger partial charge in [-0.15, -0.1) is 0 Å². The third kappa shape index (κ3) is 3.54. The first-order valence-electron chi connectivity index (χ1n) is 16.6. The Bertz CT molecular complexity index is 2470. The maximum atomic E-state index is 4.18. The van der Waals surface area contributed by atoms with Gasteiger partial charge in [0.05, 0.1) is 22.8 Å². The van der Waals surface area contributed by atoms with Gasteiger partial charge < -0.3 is 15.2 Å². The second-order valence-corrected chi connectivity index (χ2v) is 13.8. The predicted octanol–water partition coefficient (Wildman–Crippen LogP) is 10.2. The summed E-state index contributed by atoms with van der Waals surface area (Å²) in [6.45, 7) is 4.71. The molecule has 2 aliphatic carbocycles. The summed E-state index contributed by atoms with van der Waals surface area (Å²) in [5.74, 6) is 0. The van der Waals surface area contributed by atoms with Gasteiger partial charge in [-0.05, 0) is 80.9 Å². The molecule has 0 radical (unpaired) electrons. The van der Waals surface area contributed by atoms with E-state index in [0.717, 1.165) is 12.8 Å². The van der Waals surface area contributed by atoms with Gasteiger partial charge in [0, 0.05) is 27.4 Å². The average molecular weight is 594 g/mol. The number of hydrogen-bond donors (Lipinski definition) is 2. The molecule has 3 heteroatoms. The Morgan fingerprint density at radius 1 is 0.674 bits per heavy atom. The van der Waals surface area contributed by atoms with E-state index in [9.17, 15) is 0 Å². The minimum absolute atomic E-state index is 0.00575. The highest BCUT2D eigenvalue weighted by atomic mass is 15.3. The van der Waals surface area contributed by atoms with Crippen molar-refractivity contribution in [1.29, 1.82) is 0 Å². The highest BCUT2D eigenvalue weighted by Crippen LogP contribution is 2.50. The summed E-state index contributed by atoms with van der Waals surface area (Å²) in [4.78, 5) is 0. The Morgan fingerprint density at radius 3 is 2.39 bits per heavy atom. The molecule has 2 heterocycles. The van der Waals surface area contributed by atoms with Crippen molar-refractivity contribution in [3.63, 3.8) is 0 Å². The number of hydrogen-bond acceptors (Lipinski definition) is 2. The van der Waals surface area contributed by atoms with Gasteiger partial charge in [-0.2, -0.15) is 0 Å². The molecule has 0 saturated heterocycles. The number of aromatic nitrogens is 1. The monoisotopic (exact) mass is 593 g/mol. The largest absolute Gasteiger partial charge is 0.375 e. The van der Waals surface area contributed by atoms with Crippen molar-refractivity contribution >= 4 is 55.1 Å². The van der Waals surface area contributed by atoms with Gasteiger partial charge in [-0.25, -0.2) is 0 Å². The fourth-order valence-electron chi connectivity index (χ4n) is 8.63. The predicted molar refractivity (Wildman–Crippen MR) is 193 cm³/mol. The van der Waals surface area contributed by atoms with Crippen molar-refractivity contribution in [1.82, 2.24) is 15.2 Å². The highest BCUT2D eigenvalue weighted by molar-refractivity contribution is 6.12. The van der Waals surface area contributed by atoms with Crippen molar-refractivity contribution in [3.05, 3.63) is 155 Å². The van der Waals surface area contributed by atoms with E-state index < -0.39 is 0 Å². The van der Waals surface area contributed by atoms with Crippen molar-refractivity contribution in [3.8, 4) is 0 Å². The van der Waals surface area contributed by atoms with Crippen LogP contribution >= 0.6 is 0 Å². The van der Waals surface area contributed by atoms with E-state index in [1.807, 2.05) is 0 Å². The lowest BCUT2D eigenvalue weighted by molar-refractivity contribution is 0.330. The van der Waals surface area contributed by atoms with E-state index in [-0.39, 0.29) is 17.6 Å². The normalized spacial score (nSPS) is 19.7. The fourth-order valence-corrected chi connectivity index (χ4v) is 8.63. The van der Waals surface area contributed by atoms with Crippen molar-refractivity contribution in [2.45, 2.75) is 44.3 Å². The van der Waals surface area contributed by atoms with E-state index in [1.165, 1.54) is 82.6 Å². The Morgan fingerprint density at radius 2 is 1.48 bits per heavy atom. The number of nitrogens with zero attached hydrogens (tertiary/aromatic N) is 1. The second-order valence-electron chi connectivity index (χ2n) is 13.8. The Kier molecular flexibility index (Phi) is 5.29. The molecular formula is C43H35N3. The molecule has 1 aromatic heterocycles. The zero-order valence-corrected chi connectivity index (χ0v) is 26.1. The van der Waals surface area contributed by atoms with Crippen molar-refractivity contribution in [2.75, 3.05) is 0 Å². The Balaban J connectivity index is 1.24. The van der Waals surface area contributed by atoms with Gasteiger partial charge in [0.2, 0.25) is 0 Å². The summed E-state index contributed by atoms with van der Waals surface area (Å²) in [5, 5.41) is 16.1. The number of nitrogens with one attached hydrogen (secondary N) is 2. The minimum Gasteiger partial charge on any atom is -0.375 e. The summed E-state index contributed by atoms with van der Waals surface area (Å²) in [6, 6.07) is 43.1. The van der Waals surface area contributed by atoms with Crippen LogP contribution < -0.4 is 10.6 Å². The molecule has 10 rings (SSSR count). The van der Waals surface area contributed by atoms with Crippen LogP contribution in [0.1, 0.15) is 60.3 Å². The number of aryl methyl sites for hydroxylation is 1. The van der Waals surface area contributed by atoms with Gasteiger partial charge in [0.1, 0.15) is 6.17 Å². The number of fused-ring (bicyclic) bond motifs is 9. The van der Waals surface area contributed by atoms with Gasteiger partial charge in [-0.1, -0.05) is 117 Å². The Hall–Kier alpha value is -5.28. The Labute approximate surface area is 268 Å². The number of rotatable bonds is 2. The van der Waals surface area contributed by atoms with Crippen LogP contribution in [0, 0.1) is 0 Å². The van der Waals surface area contributed by atoms with Gasteiger partial charge in [0.15, 0.2) is 0 Å². The number of allylic oxidation sites excluding steroid dienone is 2. The van der Waals surface area contributed by atoms with Crippen LogP contribution in [0.25, 0.3) is 55.1 Å². The van der Waals surface area contributed by atoms with Gasteiger partial charge in [0.25, 0.3) is 0 Å². The molecule has 0 fully saturated rings. The van der Waals surface area contributed by atoms with E-state index in [0.29, 0.717) is 0 Å². The topological polar surface area (TPSA) is 29.0 Å². The summed E-state index contributed by atoms with van der Waals surface area (Å²) in [5.41, 5.74) is 11.6. The van der Waals surface area contributed by atoms with Crippen LogP contribution in [-0.2, 0) is 11.8 Å². The zero-order chi connectivity index (χ0) is 30.6. The summed E-state index contributed by atoms with van der Waals surface area (Å²) >= 11 is 0. The number of benzene rings is 6. The summed E-state index contributed by atoms with van der Waals surface area (Å²) in [7, 11) is 0. The van der Waals surface area contributed by atoms with Gasteiger partial charge in [-0.3, -0.25) is 0 Å². The lowest BCUT2D eigenvalue weighted by Crippen LogP contribution is -2.45. The minimum atomic E-state index is -0.139. The van der Waals surface area contributed by atoms with E-state index in [2.05, 4.69) is 156 Å². The lowest BCUT2D eigenvalue weighted by Gasteiger charge is -2.40. The zero-order valence-electron chi connectivity index (χ0n) is 26.1. The molecule has 2 atom stereocenters. The SMILES string of the molecule is CC1(C)C2=C(NC(n3c4ccccc4c4cc5ccccc5cc43)C(c3ccc4c5c(ccc4c3)CCC=C5)N2)c2ccccc21. The molecule has 6 aromatic carbocycles. The molecule has 1 aliphatic heterocycles. The summed E-state index contributed by atoms with van der Waals surface area (Å²) in [6.07, 6.45) is 6.81. The lowest BCUT2D eigenvalue weighted by atomic mass is 9.83. The molecule has 3 nitrogen and oxygen atoms in total. The number of para-hydroxylation sites is 1. The van der Waals surface area contributed by atoms with Crippen LogP contribution in [0.2, 0.25) is 0 Å². The molecule has 3 aliphatic rings. The van der Waals surface area contributed by atoms with Crippen molar-refractivity contribution < 1.29 is 0 Å². The first kappa shape index (κ1) is 26.0. The highest BCUT2D eigenvalue weighted by Gasteiger charge is 2.44. The van der Waals surface area contributed by atoms with E-state index in [1.54, 1.807) is 0 Å². The third-order valence-electron chi connectivity index (χ3n) is 10.9. The smallest absolute Gasteiger partial charge is 0.129 e. The van der Waals surface area contributed by atoms with Crippen LogP contribution in [0.15, 0.2) is 127 Å². The maximum absolute atomic E-state index is 4.18. The second kappa shape index (κ2) is 9.37. The molecule has 2 unspecified atom stereocenters. The standard InChI is InChI=1S/C43H35N3/c1-43(2)36-17-9-7-16-34(36)40-41(43)44-39(30-21-22-32-29(23-30)20-19-26-11-5-6-14-31(26)32)42(45-40)46-37-18-10-8-15-33(37)35-24-27-12-3-4-13-28(27)25-38(35)46/h3-4,6-10,12-25,39,42,44-45H,5,11H2,1-2H3. The van der Waals surface area contributed by atoms with Crippen LogP contribution in [0.4, 0.5) is 0 Å². The molecule has 7 aromatic rings. The first-order valence-corrected chi connectivity index (χ1v) is 16.6. The molecule has 0 bridgehead atoms. The van der Waals surface area contributed by atoms with Crippen LogP contribution in [0.5, 0.6) is 0 Å². The molecule has 2 N–H and O–H groups in total. The third-order valence-corrected chi connectivity index (χ3v) is 10.9. The quantitative estimate of drug-likeness (QED) is 0.209. The fraction of sp³-hybridized carbons (Fsp3) is 0.163. The molecule has 0 amide bonds. The van der Waals surface area contributed by atoms with E-state index >= 15 is 0 Å². The van der Waals surface area contributed by atoms with Crippen LogP contribution in [0.3, 0.4) is 0 Å². The maximum Gasteiger partial charge on any atom is 0.129 e. The molecule has 46 heavy (non-hydrogen) atoms. The first-order chi connectivity index (χ1) is 22.6. The summed E-state index contributed by atoms with van der Waals surface area (Å²) < 4.78 is 2.56. The average Bonchev–Trinajstić information content (AvgIpc) is 3.54. The molecule has 0 saturated carbocycles. The van der Waals surface area contributed by atoms with E-state index in [4.69, 9.17) is 0 Å². The molecule has 0 spiro atoms.